The Bertz CT molecular complexity index is 1470. The van der Waals surface area contributed by atoms with E-state index < -0.39 is 17.7 Å². The lowest BCUT2D eigenvalue weighted by atomic mass is 9.93. The minimum Gasteiger partial charge on any atom is -0.379 e. The predicted molar refractivity (Wildman–Crippen MR) is 136 cm³/mol. The van der Waals surface area contributed by atoms with Crippen LogP contribution in [0, 0.1) is 11.8 Å². The normalized spacial score (nSPS) is 17.5. The van der Waals surface area contributed by atoms with Gasteiger partial charge in [0.1, 0.15) is 22.1 Å². The third-order valence-electron chi connectivity index (χ3n) is 6.33. The van der Waals surface area contributed by atoms with Gasteiger partial charge in [-0.15, -0.1) is 11.3 Å². The van der Waals surface area contributed by atoms with Crippen molar-refractivity contribution in [3.63, 3.8) is 0 Å². The molecule has 4 aromatic rings. The SMILES string of the molecule is CCO[C@H]1CC[C@H](n2cc(NC(=O)c3csc(-c4cnn(C(C)=O)c4)n3)c(-c3nc(F)ccc3F)n2)CC1. The fourth-order valence-corrected chi connectivity index (χ4v) is 5.22. The number of thiazole rings is 1. The zero-order valence-corrected chi connectivity index (χ0v) is 21.5. The summed E-state index contributed by atoms with van der Waals surface area (Å²) in [7, 11) is 0. The summed E-state index contributed by atoms with van der Waals surface area (Å²) in [6.07, 6.45) is 8.12. The Hall–Kier alpha value is -3.84. The van der Waals surface area contributed by atoms with Crippen LogP contribution in [0.15, 0.2) is 36.1 Å². The summed E-state index contributed by atoms with van der Waals surface area (Å²) in [5.74, 6) is -2.42. The molecule has 0 atom stereocenters. The molecule has 0 bridgehead atoms. The van der Waals surface area contributed by atoms with Crippen molar-refractivity contribution in [2.24, 2.45) is 0 Å². The second kappa shape index (κ2) is 10.9. The lowest BCUT2D eigenvalue weighted by molar-refractivity contribution is 0.0260. The number of ether oxygens (including phenoxy) is 1. The van der Waals surface area contributed by atoms with Crippen molar-refractivity contribution in [1.82, 2.24) is 29.5 Å². The van der Waals surface area contributed by atoms with Crippen LogP contribution in [0.2, 0.25) is 0 Å². The van der Waals surface area contributed by atoms with Crippen LogP contribution in [0.3, 0.4) is 0 Å². The van der Waals surface area contributed by atoms with Crippen molar-refractivity contribution in [3.8, 4) is 22.0 Å². The molecule has 4 heterocycles. The molecule has 4 aromatic heterocycles. The number of carbonyl (C=O) groups is 2. The van der Waals surface area contributed by atoms with Crippen molar-refractivity contribution < 1.29 is 23.1 Å². The zero-order valence-electron chi connectivity index (χ0n) is 20.7. The van der Waals surface area contributed by atoms with E-state index in [-0.39, 0.29) is 40.8 Å². The second-order valence-electron chi connectivity index (χ2n) is 8.91. The van der Waals surface area contributed by atoms with Crippen molar-refractivity contribution in [2.45, 2.75) is 51.7 Å². The van der Waals surface area contributed by atoms with Gasteiger partial charge in [0.05, 0.1) is 24.0 Å². The number of anilines is 1. The molecular formula is C25H25F2N7O3S. The van der Waals surface area contributed by atoms with Crippen LogP contribution in [0.25, 0.3) is 22.0 Å². The monoisotopic (exact) mass is 541 g/mol. The van der Waals surface area contributed by atoms with Gasteiger partial charge in [0.25, 0.3) is 5.91 Å². The highest BCUT2D eigenvalue weighted by atomic mass is 32.1. The van der Waals surface area contributed by atoms with Gasteiger partial charge in [0, 0.05) is 36.9 Å². The molecule has 0 aromatic carbocycles. The van der Waals surface area contributed by atoms with Crippen LogP contribution in [0.4, 0.5) is 14.5 Å². The molecule has 1 N–H and O–H groups in total. The minimum atomic E-state index is -0.860. The molecule has 0 spiro atoms. The molecule has 5 rings (SSSR count). The molecule has 10 nitrogen and oxygen atoms in total. The van der Waals surface area contributed by atoms with Crippen LogP contribution in [-0.4, -0.2) is 54.1 Å². The van der Waals surface area contributed by atoms with Crippen molar-refractivity contribution in [2.75, 3.05) is 11.9 Å². The number of pyridine rings is 1. The van der Waals surface area contributed by atoms with Gasteiger partial charge < -0.3 is 10.1 Å². The average molecular weight is 542 g/mol. The molecule has 0 aliphatic heterocycles. The number of nitrogens with zero attached hydrogens (tertiary/aromatic N) is 6. The maximum absolute atomic E-state index is 14.7. The topological polar surface area (TPSA) is 117 Å². The predicted octanol–water partition coefficient (Wildman–Crippen LogP) is 4.98. The third-order valence-corrected chi connectivity index (χ3v) is 7.22. The first-order valence-electron chi connectivity index (χ1n) is 12.2. The summed E-state index contributed by atoms with van der Waals surface area (Å²) < 4.78 is 37.2. The molecule has 1 aliphatic carbocycles. The Kier molecular flexibility index (Phi) is 7.38. The van der Waals surface area contributed by atoms with E-state index in [1.807, 2.05) is 6.92 Å². The lowest BCUT2D eigenvalue weighted by Gasteiger charge is -2.28. The first-order chi connectivity index (χ1) is 18.3. The van der Waals surface area contributed by atoms with E-state index in [1.165, 1.54) is 35.3 Å². The van der Waals surface area contributed by atoms with E-state index in [2.05, 4.69) is 25.5 Å². The molecule has 0 unspecified atom stereocenters. The van der Waals surface area contributed by atoms with E-state index in [1.54, 1.807) is 16.3 Å². The van der Waals surface area contributed by atoms with Gasteiger partial charge in [-0.3, -0.25) is 14.3 Å². The smallest absolute Gasteiger partial charge is 0.275 e. The molecule has 13 heteroatoms. The largest absolute Gasteiger partial charge is 0.379 e. The van der Waals surface area contributed by atoms with Gasteiger partial charge in [0.2, 0.25) is 11.9 Å². The number of amides is 1. The van der Waals surface area contributed by atoms with E-state index in [4.69, 9.17) is 4.74 Å². The van der Waals surface area contributed by atoms with Gasteiger partial charge in [-0.25, -0.2) is 19.0 Å². The minimum absolute atomic E-state index is 0.0106. The number of hydrogen-bond donors (Lipinski definition) is 1. The van der Waals surface area contributed by atoms with Gasteiger partial charge in [-0.1, -0.05) is 0 Å². The number of halogens is 2. The van der Waals surface area contributed by atoms with Gasteiger partial charge >= 0.3 is 0 Å². The van der Waals surface area contributed by atoms with Crippen molar-refractivity contribution >= 4 is 28.8 Å². The van der Waals surface area contributed by atoms with Gasteiger partial charge in [-0.05, 0) is 44.7 Å². The highest BCUT2D eigenvalue weighted by molar-refractivity contribution is 7.13. The highest BCUT2D eigenvalue weighted by Gasteiger charge is 2.27. The number of hydrogen-bond acceptors (Lipinski definition) is 8. The Labute approximate surface area is 220 Å². The van der Waals surface area contributed by atoms with Crippen LogP contribution in [-0.2, 0) is 4.74 Å². The molecule has 38 heavy (non-hydrogen) atoms. The van der Waals surface area contributed by atoms with E-state index in [0.29, 0.717) is 17.2 Å². The zero-order chi connectivity index (χ0) is 26.8. The van der Waals surface area contributed by atoms with E-state index in [0.717, 1.165) is 37.8 Å². The van der Waals surface area contributed by atoms with Crippen molar-refractivity contribution in [3.05, 3.63) is 53.6 Å². The Morgan fingerprint density at radius 1 is 1.13 bits per heavy atom. The summed E-state index contributed by atoms with van der Waals surface area (Å²) in [6.45, 7) is 4.00. The number of nitrogens with one attached hydrogen (secondary N) is 1. The van der Waals surface area contributed by atoms with Crippen LogP contribution >= 0.6 is 11.3 Å². The van der Waals surface area contributed by atoms with E-state index in [9.17, 15) is 18.4 Å². The van der Waals surface area contributed by atoms with Gasteiger partial charge in [-0.2, -0.15) is 14.6 Å². The third kappa shape index (κ3) is 5.38. The molecule has 1 fully saturated rings. The first-order valence-corrected chi connectivity index (χ1v) is 13.1. The summed E-state index contributed by atoms with van der Waals surface area (Å²) in [5.41, 5.74) is 0.631. The van der Waals surface area contributed by atoms with Crippen molar-refractivity contribution in [1.29, 1.82) is 0 Å². The second-order valence-corrected chi connectivity index (χ2v) is 9.76. The molecule has 1 saturated carbocycles. The fourth-order valence-electron chi connectivity index (χ4n) is 4.44. The molecule has 1 amide bonds. The van der Waals surface area contributed by atoms with Gasteiger partial charge in [0.15, 0.2) is 5.82 Å². The average Bonchev–Trinajstić information content (AvgIpc) is 3.66. The van der Waals surface area contributed by atoms with Crippen LogP contribution in [0.5, 0.6) is 0 Å². The number of carbonyl (C=O) groups excluding carboxylic acids is 2. The van der Waals surface area contributed by atoms with Crippen LogP contribution < -0.4 is 5.32 Å². The molecule has 0 saturated heterocycles. The number of rotatable bonds is 7. The fraction of sp³-hybridized carbons (Fsp3) is 0.360. The summed E-state index contributed by atoms with van der Waals surface area (Å²) in [5, 5.41) is 13.3. The Balaban J connectivity index is 1.42. The van der Waals surface area contributed by atoms with E-state index >= 15 is 0 Å². The lowest BCUT2D eigenvalue weighted by Crippen LogP contribution is -2.24. The van der Waals surface area contributed by atoms with Crippen LogP contribution in [0.1, 0.15) is 60.9 Å². The Morgan fingerprint density at radius 3 is 2.63 bits per heavy atom. The summed E-state index contributed by atoms with van der Waals surface area (Å²) in [6, 6.07) is 1.91. The maximum Gasteiger partial charge on any atom is 0.275 e. The summed E-state index contributed by atoms with van der Waals surface area (Å²) in [4.78, 5) is 32.7. The molecular weight excluding hydrogens is 516 g/mol. The number of aromatic nitrogens is 6. The highest BCUT2D eigenvalue weighted by Crippen LogP contribution is 2.34. The maximum atomic E-state index is 14.7. The Morgan fingerprint density at radius 2 is 1.92 bits per heavy atom. The molecule has 198 valence electrons. The molecule has 0 radical (unpaired) electrons. The quantitative estimate of drug-likeness (QED) is 0.328. The summed E-state index contributed by atoms with van der Waals surface area (Å²) >= 11 is 1.21. The standard InChI is InChI=1S/C25H25F2N7O3S/c1-3-37-17-6-4-16(5-7-17)34-12-19(23(32-34)22-18(26)8-9-21(27)31-22)29-24(36)20-13-38-25(30-20)15-10-28-33(11-15)14(2)35/h8-13,16-17H,3-7H2,1-2H3,(H,29,36)/t16-,17-. The molecule has 1 aliphatic rings. The first kappa shape index (κ1) is 25.8.